The van der Waals surface area contributed by atoms with Crippen LogP contribution in [0.4, 0.5) is 4.39 Å². The Morgan fingerprint density at radius 2 is 1.96 bits per heavy atom. The molecule has 0 spiro atoms. The number of carbonyl (C=O) groups is 1. The predicted octanol–water partition coefficient (Wildman–Crippen LogP) is 5.06. The largest absolute Gasteiger partial charge is 0.348 e. The van der Waals surface area contributed by atoms with Crippen molar-refractivity contribution in [1.82, 2.24) is 14.9 Å². The first kappa shape index (κ1) is 18.2. The van der Waals surface area contributed by atoms with Crippen molar-refractivity contribution in [2.45, 2.75) is 13.5 Å². The molecule has 3 aromatic carbocycles. The minimum Gasteiger partial charge on any atom is -0.348 e. The lowest BCUT2D eigenvalue weighted by Gasteiger charge is -2.08. The van der Waals surface area contributed by atoms with E-state index in [1.807, 2.05) is 30.3 Å². The van der Waals surface area contributed by atoms with Crippen molar-refractivity contribution < 1.29 is 9.18 Å². The normalized spacial score (nSPS) is 11.0. The molecular formula is C22H17ClFN3O. The number of aryl methyl sites for hydroxylation is 1. The summed E-state index contributed by atoms with van der Waals surface area (Å²) in [4.78, 5) is 16.9. The molecule has 4 rings (SSSR count). The van der Waals surface area contributed by atoms with E-state index in [9.17, 15) is 9.18 Å². The molecule has 140 valence electrons. The van der Waals surface area contributed by atoms with Crippen LogP contribution in [0.5, 0.6) is 0 Å². The maximum atomic E-state index is 13.9. The Labute approximate surface area is 166 Å². The topological polar surface area (TPSA) is 46.9 Å². The number of hydrogen-bond donors (Lipinski definition) is 1. The molecule has 0 fully saturated rings. The highest BCUT2D eigenvalue weighted by Crippen LogP contribution is 2.21. The maximum Gasteiger partial charge on any atom is 0.251 e. The summed E-state index contributed by atoms with van der Waals surface area (Å²) in [6.07, 6.45) is 1.63. The first-order chi connectivity index (χ1) is 13.5. The molecule has 0 saturated heterocycles. The molecule has 0 atom stereocenters. The van der Waals surface area contributed by atoms with Crippen molar-refractivity contribution in [3.63, 3.8) is 0 Å². The Morgan fingerprint density at radius 3 is 2.75 bits per heavy atom. The van der Waals surface area contributed by atoms with Gasteiger partial charge in [-0.25, -0.2) is 9.37 Å². The Morgan fingerprint density at radius 1 is 1.14 bits per heavy atom. The van der Waals surface area contributed by atoms with Crippen LogP contribution >= 0.6 is 11.6 Å². The molecule has 1 N–H and O–H groups in total. The van der Waals surface area contributed by atoms with Crippen molar-refractivity contribution in [2.24, 2.45) is 0 Å². The minimum absolute atomic E-state index is 0.210. The third-order valence-electron chi connectivity index (χ3n) is 4.64. The zero-order chi connectivity index (χ0) is 19.7. The lowest BCUT2D eigenvalue weighted by atomic mass is 10.1. The molecule has 0 aliphatic rings. The molecule has 1 aromatic heterocycles. The average Bonchev–Trinajstić information content (AvgIpc) is 3.12. The van der Waals surface area contributed by atoms with E-state index in [0.29, 0.717) is 33.9 Å². The molecule has 0 unspecified atom stereocenters. The van der Waals surface area contributed by atoms with Gasteiger partial charge in [0.25, 0.3) is 5.91 Å². The second-order valence-corrected chi connectivity index (χ2v) is 6.93. The van der Waals surface area contributed by atoms with Crippen LogP contribution in [0, 0.1) is 12.7 Å². The van der Waals surface area contributed by atoms with Gasteiger partial charge in [-0.2, -0.15) is 0 Å². The van der Waals surface area contributed by atoms with Gasteiger partial charge in [-0.05, 0) is 54.4 Å². The van der Waals surface area contributed by atoms with Crippen LogP contribution in [0.15, 0.2) is 67.0 Å². The van der Waals surface area contributed by atoms with Crippen LogP contribution in [0.2, 0.25) is 5.02 Å². The van der Waals surface area contributed by atoms with Gasteiger partial charge in [-0.1, -0.05) is 35.9 Å². The van der Waals surface area contributed by atoms with E-state index in [1.54, 1.807) is 42.1 Å². The molecule has 0 aliphatic carbocycles. The number of benzene rings is 3. The van der Waals surface area contributed by atoms with Gasteiger partial charge in [-0.15, -0.1) is 0 Å². The molecule has 0 saturated carbocycles. The number of hydrogen-bond acceptors (Lipinski definition) is 2. The molecule has 0 aliphatic heterocycles. The number of fused-ring (bicyclic) bond motifs is 1. The zero-order valence-corrected chi connectivity index (χ0v) is 15.9. The number of nitrogens with zero attached hydrogens (tertiary/aromatic N) is 2. The molecule has 1 heterocycles. The summed E-state index contributed by atoms with van der Waals surface area (Å²) in [5.74, 6) is -0.479. The van der Waals surface area contributed by atoms with Gasteiger partial charge < -0.3 is 5.32 Å². The lowest BCUT2D eigenvalue weighted by Crippen LogP contribution is -2.22. The van der Waals surface area contributed by atoms with Gasteiger partial charge in [0, 0.05) is 17.1 Å². The van der Waals surface area contributed by atoms with E-state index in [-0.39, 0.29) is 11.7 Å². The number of amides is 1. The number of aromatic nitrogens is 2. The Bertz CT molecular complexity index is 1190. The van der Waals surface area contributed by atoms with Crippen molar-refractivity contribution in [1.29, 1.82) is 0 Å². The molecule has 6 heteroatoms. The quantitative estimate of drug-likeness (QED) is 0.527. The highest BCUT2D eigenvalue weighted by molar-refractivity contribution is 6.31. The van der Waals surface area contributed by atoms with Crippen LogP contribution in [0.3, 0.4) is 0 Å². The molecule has 0 bridgehead atoms. The first-order valence-corrected chi connectivity index (χ1v) is 9.16. The fourth-order valence-corrected chi connectivity index (χ4v) is 3.21. The number of nitrogens with one attached hydrogen (secondary N) is 1. The predicted molar refractivity (Wildman–Crippen MR) is 108 cm³/mol. The standard InChI is InChI=1S/C22H17ClFN3O/c1-14-6-8-17(11-19(14)24)27-13-26-20-10-15(7-9-21(20)27)22(28)25-12-16-4-2-3-5-18(16)23/h2-11,13H,12H2,1H3,(H,25,28). The lowest BCUT2D eigenvalue weighted by molar-refractivity contribution is 0.0951. The van der Waals surface area contributed by atoms with Crippen LogP contribution in [0.1, 0.15) is 21.5 Å². The van der Waals surface area contributed by atoms with Crippen LogP contribution in [-0.2, 0) is 6.54 Å². The zero-order valence-electron chi connectivity index (χ0n) is 15.1. The van der Waals surface area contributed by atoms with Crippen molar-refractivity contribution in [2.75, 3.05) is 0 Å². The van der Waals surface area contributed by atoms with Gasteiger partial charge in [0.15, 0.2) is 0 Å². The molecule has 0 radical (unpaired) electrons. The van der Waals surface area contributed by atoms with E-state index in [4.69, 9.17) is 11.6 Å². The third kappa shape index (κ3) is 3.49. The summed E-state index contributed by atoms with van der Waals surface area (Å²) in [7, 11) is 0. The smallest absolute Gasteiger partial charge is 0.251 e. The van der Waals surface area contributed by atoms with Crippen LogP contribution in [0.25, 0.3) is 16.7 Å². The van der Waals surface area contributed by atoms with Crippen molar-refractivity contribution in [3.8, 4) is 5.69 Å². The number of halogens is 2. The molecule has 1 amide bonds. The van der Waals surface area contributed by atoms with E-state index in [1.165, 1.54) is 6.07 Å². The average molecular weight is 394 g/mol. The van der Waals surface area contributed by atoms with Gasteiger partial charge in [0.2, 0.25) is 0 Å². The van der Waals surface area contributed by atoms with E-state index in [2.05, 4.69) is 10.3 Å². The summed E-state index contributed by atoms with van der Waals surface area (Å²) in [5.41, 5.74) is 4.08. The monoisotopic (exact) mass is 393 g/mol. The summed E-state index contributed by atoms with van der Waals surface area (Å²) < 4.78 is 15.7. The Hall–Kier alpha value is -3.18. The fourth-order valence-electron chi connectivity index (χ4n) is 3.01. The van der Waals surface area contributed by atoms with Gasteiger partial charge >= 0.3 is 0 Å². The van der Waals surface area contributed by atoms with E-state index < -0.39 is 0 Å². The second-order valence-electron chi connectivity index (χ2n) is 6.53. The van der Waals surface area contributed by atoms with Crippen LogP contribution < -0.4 is 5.32 Å². The SMILES string of the molecule is Cc1ccc(-n2cnc3cc(C(=O)NCc4ccccc4Cl)ccc32)cc1F. The Kier molecular flexibility index (Phi) is 4.84. The molecule has 4 nitrogen and oxygen atoms in total. The Balaban J connectivity index is 1.57. The minimum atomic E-state index is -0.269. The van der Waals surface area contributed by atoms with E-state index in [0.717, 1.165) is 11.1 Å². The second kappa shape index (κ2) is 7.44. The summed E-state index contributed by atoms with van der Waals surface area (Å²) in [5, 5.41) is 3.48. The first-order valence-electron chi connectivity index (χ1n) is 8.78. The van der Waals surface area contributed by atoms with Crippen LogP contribution in [-0.4, -0.2) is 15.5 Å². The fraction of sp³-hybridized carbons (Fsp3) is 0.0909. The number of imidazole rings is 1. The summed E-state index contributed by atoms with van der Waals surface area (Å²) >= 11 is 6.12. The number of rotatable bonds is 4. The summed E-state index contributed by atoms with van der Waals surface area (Å²) in [6.45, 7) is 2.06. The van der Waals surface area contributed by atoms with Gasteiger partial charge in [0.1, 0.15) is 12.1 Å². The highest BCUT2D eigenvalue weighted by Gasteiger charge is 2.11. The summed E-state index contributed by atoms with van der Waals surface area (Å²) in [6, 6.07) is 17.7. The molecule has 4 aromatic rings. The van der Waals surface area contributed by atoms with Crippen molar-refractivity contribution >= 4 is 28.5 Å². The van der Waals surface area contributed by atoms with E-state index >= 15 is 0 Å². The number of carbonyl (C=O) groups excluding carboxylic acids is 1. The highest BCUT2D eigenvalue weighted by atomic mass is 35.5. The molecule has 28 heavy (non-hydrogen) atoms. The van der Waals surface area contributed by atoms with Gasteiger partial charge in [0.05, 0.1) is 16.7 Å². The third-order valence-corrected chi connectivity index (χ3v) is 5.01. The molecular weight excluding hydrogens is 377 g/mol. The van der Waals surface area contributed by atoms with Crippen molar-refractivity contribution in [3.05, 3.63) is 94.5 Å². The van der Waals surface area contributed by atoms with Gasteiger partial charge in [-0.3, -0.25) is 9.36 Å². The maximum absolute atomic E-state index is 13.9.